The number of hydrogen-bond acceptors (Lipinski definition) is 5. The molecular formula is C13H14N2O5S. The number of benzene rings is 1. The summed E-state index contributed by atoms with van der Waals surface area (Å²) >= 11 is 0. The normalized spacial score (nSPS) is 20.2. The quantitative estimate of drug-likeness (QED) is 0.622. The van der Waals surface area contributed by atoms with Crippen molar-refractivity contribution >= 4 is 27.6 Å². The lowest BCUT2D eigenvalue weighted by atomic mass is 10.2. The van der Waals surface area contributed by atoms with E-state index in [1.54, 1.807) is 0 Å². The molecule has 1 saturated heterocycles. The molecule has 0 bridgehead atoms. The van der Waals surface area contributed by atoms with Gasteiger partial charge >= 0.3 is 0 Å². The second-order valence-corrected chi connectivity index (χ2v) is 6.61. The van der Waals surface area contributed by atoms with Crippen molar-refractivity contribution in [3.8, 4) is 0 Å². The Morgan fingerprint density at radius 1 is 1.24 bits per heavy atom. The van der Waals surface area contributed by atoms with Crippen molar-refractivity contribution in [1.29, 1.82) is 0 Å². The summed E-state index contributed by atoms with van der Waals surface area (Å²) in [6.45, 7) is 2.37. The third-order valence-electron chi connectivity index (χ3n) is 3.24. The Balaban J connectivity index is 2.39. The first kappa shape index (κ1) is 15.3. The molecule has 1 aliphatic heterocycles. The van der Waals surface area contributed by atoms with Crippen LogP contribution in [0.1, 0.15) is 24.2 Å². The van der Waals surface area contributed by atoms with E-state index in [2.05, 4.69) is 5.32 Å². The Bertz CT molecular complexity index is 709. The molecule has 7 nitrogen and oxygen atoms in total. The van der Waals surface area contributed by atoms with Crippen molar-refractivity contribution in [2.75, 3.05) is 6.54 Å². The number of rotatable bonds is 3. The van der Waals surface area contributed by atoms with Gasteiger partial charge in [0.15, 0.2) is 5.78 Å². The van der Waals surface area contributed by atoms with E-state index in [4.69, 9.17) is 0 Å². The minimum atomic E-state index is -3.98. The Morgan fingerprint density at radius 2 is 1.81 bits per heavy atom. The number of piperazine rings is 1. The van der Waals surface area contributed by atoms with Crippen LogP contribution >= 0.6 is 0 Å². The van der Waals surface area contributed by atoms with E-state index in [0.717, 1.165) is 4.31 Å². The molecule has 2 rings (SSSR count). The van der Waals surface area contributed by atoms with Crippen LogP contribution in [0.3, 0.4) is 0 Å². The van der Waals surface area contributed by atoms with Crippen molar-refractivity contribution in [2.45, 2.75) is 24.8 Å². The van der Waals surface area contributed by atoms with Crippen LogP contribution in [0.15, 0.2) is 29.2 Å². The number of sulfonamides is 1. The second-order valence-electron chi connectivity index (χ2n) is 4.72. The Hall–Kier alpha value is -2.06. The van der Waals surface area contributed by atoms with E-state index in [9.17, 15) is 22.8 Å². The number of imide groups is 1. The molecule has 1 aliphatic rings. The minimum absolute atomic E-state index is 0.0677. The molecule has 0 spiro atoms. The lowest BCUT2D eigenvalue weighted by Crippen LogP contribution is -2.58. The monoisotopic (exact) mass is 310 g/mol. The van der Waals surface area contributed by atoms with Crippen LogP contribution in [0.4, 0.5) is 0 Å². The van der Waals surface area contributed by atoms with Crippen molar-refractivity contribution < 1.29 is 22.8 Å². The van der Waals surface area contributed by atoms with Gasteiger partial charge < -0.3 is 0 Å². The summed E-state index contributed by atoms with van der Waals surface area (Å²) in [7, 11) is -3.98. The predicted molar refractivity (Wildman–Crippen MR) is 73.0 cm³/mol. The Labute approximate surface area is 122 Å². The number of nitrogens with one attached hydrogen (secondary N) is 1. The van der Waals surface area contributed by atoms with E-state index in [1.165, 1.54) is 38.1 Å². The molecule has 1 aromatic carbocycles. The van der Waals surface area contributed by atoms with Gasteiger partial charge in [-0.2, -0.15) is 4.31 Å². The first-order valence-electron chi connectivity index (χ1n) is 6.20. The number of ketones is 1. The van der Waals surface area contributed by atoms with Crippen LogP contribution in [-0.4, -0.2) is 42.9 Å². The molecule has 0 aromatic heterocycles. The average Bonchev–Trinajstić information content (AvgIpc) is 2.42. The van der Waals surface area contributed by atoms with Gasteiger partial charge in [-0.1, -0.05) is 12.1 Å². The maximum Gasteiger partial charge on any atom is 0.244 e. The first-order valence-corrected chi connectivity index (χ1v) is 7.64. The average molecular weight is 310 g/mol. The van der Waals surface area contributed by atoms with E-state index >= 15 is 0 Å². The summed E-state index contributed by atoms with van der Waals surface area (Å²) in [5, 5.41) is 2.08. The summed E-state index contributed by atoms with van der Waals surface area (Å²) < 4.78 is 25.8. The molecule has 1 N–H and O–H groups in total. The van der Waals surface area contributed by atoms with Gasteiger partial charge in [-0.25, -0.2) is 8.42 Å². The first-order chi connectivity index (χ1) is 9.73. The Morgan fingerprint density at radius 3 is 2.33 bits per heavy atom. The van der Waals surface area contributed by atoms with Crippen LogP contribution in [0.25, 0.3) is 0 Å². The highest BCUT2D eigenvalue weighted by molar-refractivity contribution is 7.89. The summed E-state index contributed by atoms with van der Waals surface area (Å²) in [6.07, 6.45) is 0. The van der Waals surface area contributed by atoms with Gasteiger partial charge in [0, 0.05) is 5.56 Å². The fourth-order valence-corrected chi connectivity index (χ4v) is 3.53. The van der Waals surface area contributed by atoms with Crippen LogP contribution < -0.4 is 5.32 Å². The Kier molecular flexibility index (Phi) is 3.93. The fraction of sp³-hybridized carbons (Fsp3) is 0.308. The number of carbonyl (C=O) groups excluding carboxylic acids is 3. The van der Waals surface area contributed by atoms with Gasteiger partial charge in [-0.3, -0.25) is 19.7 Å². The number of carbonyl (C=O) groups is 3. The van der Waals surface area contributed by atoms with Gasteiger partial charge in [0.1, 0.15) is 6.04 Å². The zero-order chi connectivity index (χ0) is 15.8. The molecule has 1 heterocycles. The molecule has 21 heavy (non-hydrogen) atoms. The van der Waals surface area contributed by atoms with Crippen molar-refractivity contribution in [2.24, 2.45) is 0 Å². The largest absolute Gasteiger partial charge is 0.295 e. The number of nitrogens with zero attached hydrogens (tertiary/aromatic N) is 1. The third kappa shape index (κ3) is 2.86. The highest BCUT2D eigenvalue weighted by atomic mass is 32.2. The van der Waals surface area contributed by atoms with E-state index < -0.39 is 34.4 Å². The zero-order valence-electron chi connectivity index (χ0n) is 11.5. The number of hydrogen-bond donors (Lipinski definition) is 1. The molecular weight excluding hydrogens is 296 g/mol. The molecule has 0 saturated carbocycles. The smallest absolute Gasteiger partial charge is 0.244 e. The molecule has 2 amide bonds. The van der Waals surface area contributed by atoms with Crippen LogP contribution in [-0.2, 0) is 19.6 Å². The molecule has 1 unspecified atom stereocenters. The zero-order valence-corrected chi connectivity index (χ0v) is 12.3. The van der Waals surface area contributed by atoms with Crippen molar-refractivity contribution in [1.82, 2.24) is 9.62 Å². The molecule has 1 fully saturated rings. The summed E-state index contributed by atoms with van der Waals surface area (Å²) in [4.78, 5) is 34.0. The molecule has 0 radical (unpaired) electrons. The summed E-state index contributed by atoms with van der Waals surface area (Å²) in [5.41, 5.74) is 0.384. The molecule has 1 atom stereocenters. The summed E-state index contributed by atoms with van der Waals surface area (Å²) in [5.74, 6) is -1.50. The van der Waals surface area contributed by atoms with Gasteiger partial charge in [-0.15, -0.1) is 0 Å². The highest BCUT2D eigenvalue weighted by Gasteiger charge is 2.38. The maximum atomic E-state index is 12.5. The van der Waals surface area contributed by atoms with Gasteiger partial charge in [0.25, 0.3) is 0 Å². The number of Topliss-reactive ketones (excluding diaryl/α,β-unsaturated/α-hetero) is 1. The lowest BCUT2D eigenvalue weighted by molar-refractivity contribution is -0.136. The SMILES string of the molecule is CC(=O)c1ccc(S(=O)(=O)N2CC(=O)NC(=O)C2C)cc1. The topological polar surface area (TPSA) is 101 Å². The van der Waals surface area contributed by atoms with Gasteiger partial charge in [-0.05, 0) is 26.0 Å². The molecule has 0 aliphatic carbocycles. The van der Waals surface area contributed by atoms with Gasteiger partial charge in [0.05, 0.1) is 11.4 Å². The van der Waals surface area contributed by atoms with E-state index in [0.29, 0.717) is 5.56 Å². The molecule has 8 heteroatoms. The number of amides is 2. The summed E-state index contributed by atoms with van der Waals surface area (Å²) in [6, 6.07) is 4.39. The fourth-order valence-electron chi connectivity index (χ4n) is 1.98. The maximum absolute atomic E-state index is 12.5. The van der Waals surface area contributed by atoms with E-state index in [-0.39, 0.29) is 10.7 Å². The predicted octanol–water partition coefficient (Wildman–Crippen LogP) is -0.0752. The minimum Gasteiger partial charge on any atom is -0.295 e. The van der Waals surface area contributed by atoms with Crippen molar-refractivity contribution in [3.63, 3.8) is 0 Å². The standard InChI is InChI=1S/C13H14N2O5S/c1-8-13(18)14-12(17)7-15(8)21(19,20)11-5-3-10(4-6-11)9(2)16/h3-6,8H,7H2,1-2H3,(H,14,17,18). The van der Waals surface area contributed by atoms with E-state index in [1.807, 2.05) is 0 Å². The van der Waals surface area contributed by atoms with Crippen molar-refractivity contribution in [3.05, 3.63) is 29.8 Å². The van der Waals surface area contributed by atoms with Crippen LogP contribution in [0.5, 0.6) is 0 Å². The lowest BCUT2D eigenvalue weighted by Gasteiger charge is -2.30. The van der Waals surface area contributed by atoms with Crippen LogP contribution in [0.2, 0.25) is 0 Å². The molecule has 1 aromatic rings. The highest BCUT2D eigenvalue weighted by Crippen LogP contribution is 2.20. The molecule has 112 valence electrons. The second kappa shape index (κ2) is 5.38. The third-order valence-corrected chi connectivity index (χ3v) is 5.17. The van der Waals surface area contributed by atoms with Gasteiger partial charge in [0.2, 0.25) is 21.8 Å². The van der Waals surface area contributed by atoms with Crippen LogP contribution in [0, 0.1) is 0 Å².